The summed E-state index contributed by atoms with van der Waals surface area (Å²) in [6.45, 7) is 4.36. The number of nitrogens with zero attached hydrogens (tertiary/aromatic N) is 1. The lowest BCUT2D eigenvalue weighted by Crippen LogP contribution is -2.37. The fourth-order valence-electron chi connectivity index (χ4n) is 4.80. The van der Waals surface area contributed by atoms with Crippen LogP contribution in [0, 0.1) is 6.92 Å². The van der Waals surface area contributed by atoms with E-state index in [2.05, 4.69) is 0 Å². The number of ketones is 1. The minimum atomic E-state index is -0.656. The smallest absolute Gasteiger partial charge is 0.295 e. The van der Waals surface area contributed by atoms with Crippen molar-refractivity contribution in [3.8, 4) is 11.5 Å². The number of aliphatic hydroxyl groups excluding tert-OH is 1. The number of benzene rings is 2. The van der Waals surface area contributed by atoms with Crippen molar-refractivity contribution in [1.29, 1.82) is 0 Å². The first-order valence-corrected chi connectivity index (χ1v) is 11.1. The number of aliphatic hydroxyl groups is 1. The minimum Gasteiger partial charge on any atom is -0.507 e. The maximum Gasteiger partial charge on any atom is 0.295 e. The van der Waals surface area contributed by atoms with Crippen LogP contribution in [-0.2, 0) is 9.59 Å². The van der Waals surface area contributed by atoms with Crippen molar-refractivity contribution >= 4 is 17.4 Å². The Kier molecular flexibility index (Phi) is 6.21. The number of amides is 1. The van der Waals surface area contributed by atoms with Gasteiger partial charge < -0.3 is 19.5 Å². The van der Waals surface area contributed by atoms with Gasteiger partial charge in [-0.3, -0.25) is 9.59 Å². The SMILES string of the molecule is CCOc1ccc(C2/C(=C(\O)c3cc(C)ccc3OC)C(=O)C(=O)N2C2CCCC2)cc1. The summed E-state index contributed by atoms with van der Waals surface area (Å²) in [5, 5.41) is 11.4. The summed E-state index contributed by atoms with van der Waals surface area (Å²) in [4.78, 5) is 28.1. The average molecular weight is 436 g/mol. The largest absolute Gasteiger partial charge is 0.507 e. The van der Waals surface area contributed by atoms with E-state index in [1.807, 2.05) is 44.2 Å². The molecule has 1 N–H and O–H groups in total. The zero-order chi connectivity index (χ0) is 22.8. The van der Waals surface area contributed by atoms with E-state index in [1.54, 1.807) is 17.0 Å². The number of rotatable bonds is 6. The van der Waals surface area contributed by atoms with Gasteiger partial charge in [0.2, 0.25) is 0 Å². The van der Waals surface area contributed by atoms with Gasteiger partial charge >= 0.3 is 0 Å². The van der Waals surface area contributed by atoms with Gasteiger partial charge in [-0.05, 0) is 56.5 Å². The highest BCUT2D eigenvalue weighted by atomic mass is 16.5. The molecule has 1 saturated carbocycles. The molecule has 1 saturated heterocycles. The van der Waals surface area contributed by atoms with E-state index in [1.165, 1.54) is 7.11 Å². The molecule has 2 aromatic carbocycles. The first kappa shape index (κ1) is 21.9. The standard InChI is InChI=1S/C26H29NO5/c1-4-32-19-12-10-17(11-13-19)23-22(24(28)20-15-16(2)9-14-21(20)31-3)25(29)26(30)27(23)18-7-5-6-8-18/h9-15,18,23,28H,4-8H2,1-3H3/b24-22+. The Labute approximate surface area is 188 Å². The van der Waals surface area contributed by atoms with Gasteiger partial charge in [-0.1, -0.05) is 36.6 Å². The van der Waals surface area contributed by atoms with Crippen LogP contribution in [0.3, 0.4) is 0 Å². The van der Waals surface area contributed by atoms with E-state index < -0.39 is 17.7 Å². The van der Waals surface area contributed by atoms with Crippen LogP contribution in [0.4, 0.5) is 0 Å². The van der Waals surface area contributed by atoms with Crippen molar-refractivity contribution in [2.75, 3.05) is 13.7 Å². The first-order chi connectivity index (χ1) is 15.5. The lowest BCUT2D eigenvalue weighted by atomic mass is 9.94. The number of hydrogen-bond donors (Lipinski definition) is 1. The molecule has 0 radical (unpaired) electrons. The number of likely N-dealkylation sites (tertiary alicyclic amines) is 1. The van der Waals surface area contributed by atoms with E-state index in [9.17, 15) is 14.7 Å². The molecular formula is C26H29NO5. The molecule has 0 aromatic heterocycles. The van der Waals surface area contributed by atoms with Gasteiger partial charge in [0.25, 0.3) is 11.7 Å². The van der Waals surface area contributed by atoms with Gasteiger partial charge in [-0.2, -0.15) is 0 Å². The topological polar surface area (TPSA) is 76.1 Å². The molecular weight excluding hydrogens is 406 g/mol. The third-order valence-corrected chi connectivity index (χ3v) is 6.32. The quantitative estimate of drug-likeness (QED) is 0.402. The summed E-state index contributed by atoms with van der Waals surface area (Å²) in [5.74, 6) is -0.246. The maximum atomic E-state index is 13.3. The van der Waals surface area contributed by atoms with Crippen molar-refractivity contribution in [1.82, 2.24) is 4.90 Å². The van der Waals surface area contributed by atoms with Crippen molar-refractivity contribution in [2.24, 2.45) is 0 Å². The van der Waals surface area contributed by atoms with E-state index in [0.29, 0.717) is 17.9 Å². The summed E-state index contributed by atoms with van der Waals surface area (Å²) >= 11 is 0. The molecule has 2 aromatic rings. The Hall–Kier alpha value is -3.28. The highest BCUT2D eigenvalue weighted by molar-refractivity contribution is 6.46. The molecule has 2 aliphatic rings. The predicted molar refractivity (Wildman–Crippen MR) is 122 cm³/mol. The van der Waals surface area contributed by atoms with Gasteiger partial charge in [0, 0.05) is 6.04 Å². The van der Waals surface area contributed by atoms with Crippen LogP contribution >= 0.6 is 0 Å². The summed E-state index contributed by atoms with van der Waals surface area (Å²) in [6.07, 6.45) is 3.76. The molecule has 1 atom stereocenters. The molecule has 1 aliphatic carbocycles. The highest BCUT2D eigenvalue weighted by Crippen LogP contribution is 2.44. The monoisotopic (exact) mass is 435 g/mol. The van der Waals surface area contributed by atoms with E-state index in [4.69, 9.17) is 9.47 Å². The van der Waals surface area contributed by atoms with Gasteiger partial charge in [0.1, 0.15) is 17.3 Å². The Bertz CT molecular complexity index is 1050. The summed E-state index contributed by atoms with van der Waals surface area (Å²) in [6, 6.07) is 12.1. The van der Waals surface area contributed by atoms with Gasteiger partial charge in [0.05, 0.1) is 30.9 Å². The normalized spacial score (nSPS) is 20.7. The fourth-order valence-corrected chi connectivity index (χ4v) is 4.80. The van der Waals surface area contributed by atoms with E-state index in [-0.39, 0.29) is 17.4 Å². The zero-order valence-electron chi connectivity index (χ0n) is 18.8. The molecule has 4 rings (SSSR count). The zero-order valence-corrected chi connectivity index (χ0v) is 18.8. The molecule has 168 valence electrons. The van der Waals surface area contributed by atoms with E-state index in [0.717, 1.165) is 42.6 Å². The van der Waals surface area contributed by atoms with Crippen LogP contribution in [0.25, 0.3) is 5.76 Å². The molecule has 32 heavy (non-hydrogen) atoms. The lowest BCUT2D eigenvalue weighted by Gasteiger charge is -2.31. The van der Waals surface area contributed by atoms with E-state index >= 15 is 0 Å². The fraction of sp³-hybridized carbons (Fsp3) is 0.385. The third kappa shape index (κ3) is 3.85. The second-order valence-corrected chi connectivity index (χ2v) is 8.35. The Morgan fingerprint density at radius 2 is 1.78 bits per heavy atom. The molecule has 1 heterocycles. The molecule has 1 aliphatic heterocycles. The molecule has 0 bridgehead atoms. The first-order valence-electron chi connectivity index (χ1n) is 11.1. The van der Waals surface area contributed by atoms with Crippen molar-refractivity contribution in [3.63, 3.8) is 0 Å². The van der Waals surface area contributed by atoms with Crippen molar-refractivity contribution in [2.45, 2.75) is 51.6 Å². The van der Waals surface area contributed by atoms with Gasteiger partial charge in [-0.15, -0.1) is 0 Å². The molecule has 1 amide bonds. The molecule has 1 unspecified atom stereocenters. The molecule has 2 fully saturated rings. The van der Waals surface area contributed by atoms with Crippen LogP contribution in [0.2, 0.25) is 0 Å². The number of Topliss-reactive ketones (excluding diaryl/α,β-unsaturated/α-hetero) is 1. The second-order valence-electron chi connectivity index (χ2n) is 8.35. The number of ether oxygens (including phenoxy) is 2. The van der Waals surface area contributed by atoms with Crippen LogP contribution in [-0.4, -0.2) is 41.5 Å². The third-order valence-electron chi connectivity index (χ3n) is 6.32. The Morgan fingerprint density at radius 1 is 1.09 bits per heavy atom. The number of methoxy groups -OCH3 is 1. The highest BCUT2D eigenvalue weighted by Gasteiger charge is 2.49. The van der Waals surface area contributed by atoms with Crippen LogP contribution in [0.5, 0.6) is 11.5 Å². The summed E-state index contributed by atoms with van der Waals surface area (Å²) < 4.78 is 11.0. The van der Waals surface area contributed by atoms with Crippen LogP contribution < -0.4 is 9.47 Å². The average Bonchev–Trinajstić information content (AvgIpc) is 3.41. The summed E-state index contributed by atoms with van der Waals surface area (Å²) in [5.41, 5.74) is 2.20. The number of carbonyl (C=O) groups excluding carboxylic acids is 2. The van der Waals surface area contributed by atoms with Crippen LogP contribution in [0.1, 0.15) is 55.3 Å². The van der Waals surface area contributed by atoms with Crippen LogP contribution in [0.15, 0.2) is 48.0 Å². The lowest BCUT2D eigenvalue weighted by molar-refractivity contribution is -0.141. The molecule has 0 spiro atoms. The molecule has 6 nitrogen and oxygen atoms in total. The van der Waals surface area contributed by atoms with Crippen molar-refractivity contribution in [3.05, 3.63) is 64.7 Å². The second kappa shape index (κ2) is 9.07. The number of hydrogen-bond acceptors (Lipinski definition) is 5. The minimum absolute atomic E-state index is 0.0206. The maximum absolute atomic E-state index is 13.3. The Balaban J connectivity index is 1.88. The number of carbonyl (C=O) groups is 2. The predicted octanol–water partition coefficient (Wildman–Crippen LogP) is 4.77. The van der Waals surface area contributed by atoms with Gasteiger partial charge in [0.15, 0.2) is 0 Å². The van der Waals surface area contributed by atoms with Gasteiger partial charge in [-0.25, -0.2) is 0 Å². The summed E-state index contributed by atoms with van der Waals surface area (Å²) in [7, 11) is 1.52. The van der Waals surface area contributed by atoms with Crippen molar-refractivity contribution < 1.29 is 24.2 Å². The number of aryl methyl sites for hydroxylation is 1. The Morgan fingerprint density at radius 3 is 2.41 bits per heavy atom. The molecule has 6 heteroatoms.